The number of thioether (sulfide) groups is 1. The van der Waals surface area contributed by atoms with Crippen LogP contribution in [0.2, 0.25) is 0 Å². The van der Waals surface area contributed by atoms with E-state index in [0.29, 0.717) is 31.0 Å². The van der Waals surface area contributed by atoms with Gasteiger partial charge < -0.3 is 14.5 Å². The van der Waals surface area contributed by atoms with E-state index in [0.717, 1.165) is 15.7 Å². The lowest BCUT2D eigenvalue weighted by Gasteiger charge is -2.35. The van der Waals surface area contributed by atoms with E-state index in [1.54, 1.807) is 18.3 Å². The predicted molar refractivity (Wildman–Crippen MR) is 114 cm³/mol. The number of amides is 1. The maximum atomic E-state index is 12.8. The number of thiophene rings is 1. The highest BCUT2D eigenvalue weighted by molar-refractivity contribution is 8.16. The summed E-state index contributed by atoms with van der Waals surface area (Å²) in [5.41, 5.74) is 2.07. The third-order valence-electron chi connectivity index (χ3n) is 4.76. The van der Waals surface area contributed by atoms with Crippen LogP contribution in [0.3, 0.4) is 0 Å². The van der Waals surface area contributed by atoms with E-state index in [2.05, 4.69) is 4.99 Å². The van der Waals surface area contributed by atoms with Crippen LogP contribution in [0, 0.1) is 0 Å². The first-order valence-electron chi connectivity index (χ1n) is 9.44. The van der Waals surface area contributed by atoms with E-state index in [1.807, 2.05) is 53.5 Å². The molecule has 0 aliphatic carbocycles. The number of amidine groups is 1. The van der Waals surface area contributed by atoms with Crippen LogP contribution in [0.1, 0.15) is 45.0 Å². The van der Waals surface area contributed by atoms with Crippen molar-refractivity contribution in [2.75, 3.05) is 19.7 Å². The molecule has 2 aliphatic heterocycles. The first-order valence-corrected chi connectivity index (χ1v) is 11.2. The molecule has 1 aromatic rings. The molecule has 0 saturated heterocycles. The van der Waals surface area contributed by atoms with E-state index in [-0.39, 0.29) is 24.3 Å². The van der Waals surface area contributed by atoms with Gasteiger partial charge in [0.05, 0.1) is 24.3 Å². The Morgan fingerprint density at radius 1 is 1.29 bits per heavy atom. The standard InChI is InChI=1S/C20H25N3O3S2/c1-5-22(6-2)16(24)11-14-12-28-20-21-13(4)17(19(25)26-7-3)18(23(14)20)15-9-8-10-27-15/h8-10,12,18H,5-7,11H2,1-4H3. The zero-order chi connectivity index (χ0) is 20.3. The second kappa shape index (κ2) is 8.96. The number of rotatable bonds is 7. The van der Waals surface area contributed by atoms with Crippen LogP contribution in [-0.2, 0) is 14.3 Å². The van der Waals surface area contributed by atoms with E-state index in [4.69, 9.17) is 4.74 Å². The quantitative estimate of drug-likeness (QED) is 0.622. The first kappa shape index (κ1) is 20.7. The molecule has 6 nitrogen and oxygen atoms in total. The summed E-state index contributed by atoms with van der Waals surface area (Å²) in [5.74, 6) is -0.278. The predicted octanol–water partition coefficient (Wildman–Crippen LogP) is 4.14. The molecule has 1 aromatic heterocycles. The van der Waals surface area contributed by atoms with Gasteiger partial charge in [-0.05, 0) is 44.5 Å². The fourth-order valence-corrected chi connectivity index (χ4v) is 5.19. The van der Waals surface area contributed by atoms with Gasteiger partial charge in [-0.1, -0.05) is 17.8 Å². The number of nitrogens with zero attached hydrogens (tertiary/aromatic N) is 3. The van der Waals surface area contributed by atoms with Crippen molar-refractivity contribution in [3.8, 4) is 0 Å². The molecule has 28 heavy (non-hydrogen) atoms. The number of aliphatic imine (C=N–C) groups is 1. The average Bonchev–Trinajstić information content (AvgIpc) is 3.32. The van der Waals surface area contributed by atoms with E-state index < -0.39 is 0 Å². The summed E-state index contributed by atoms with van der Waals surface area (Å²) in [7, 11) is 0. The minimum absolute atomic E-state index is 0.0759. The lowest BCUT2D eigenvalue weighted by Crippen LogP contribution is -2.38. The second-order valence-electron chi connectivity index (χ2n) is 6.37. The Balaban J connectivity index is 1.98. The van der Waals surface area contributed by atoms with Crippen LogP contribution in [-0.4, -0.2) is 46.5 Å². The second-order valence-corrected chi connectivity index (χ2v) is 8.19. The molecule has 0 radical (unpaired) electrons. The van der Waals surface area contributed by atoms with Crippen molar-refractivity contribution < 1.29 is 14.3 Å². The molecule has 0 fully saturated rings. The largest absolute Gasteiger partial charge is 0.463 e. The normalized spacial score (nSPS) is 18.6. The third kappa shape index (κ3) is 3.89. The Morgan fingerprint density at radius 3 is 2.64 bits per heavy atom. The molecule has 0 saturated carbocycles. The van der Waals surface area contributed by atoms with Gasteiger partial charge in [-0.15, -0.1) is 11.3 Å². The first-order chi connectivity index (χ1) is 13.5. The molecule has 2 aliphatic rings. The van der Waals surface area contributed by atoms with Crippen molar-refractivity contribution in [1.82, 2.24) is 9.80 Å². The fourth-order valence-electron chi connectivity index (χ4n) is 3.40. The smallest absolute Gasteiger partial charge is 0.338 e. The molecule has 0 N–H and O–H groups in total. The van der Waals surface area contributed by atoms with Gasteiger partial charge in [0.2, 0.25) is 5.91 Å². The van der Waals surface area contributed by atoms with Crippen LogP contribution < -0.4 is 0 Å². The zero-order valence-corrected chi connectivity index (χ0v) is 18.2. The molecular formula is C20H25N3O3S2. The highest BCUT2D eigenvalue weighted by Crippen LogP contribution is 2.45. The number of ether oxygens (including phenoxy) is 1. The number of hydrogen-bond donors (Lipinski definition) is 0. The van der Waals surface area contributed by atoms with Gasteiger partial charge in [0.1, 0.15) is 6.04 Å². The summed E-state index contributed by atoms with van der Waals surface area (Å²) >= 11 is 3.08. The van der Waals surface area contributed by atoms with Gasteiger partial charge in [-0.25, -0.2) is 9.79 Å². The van der Waals surface area contributed by atoms with E-state index in [9.17, 15) is 9.59 Å². The molecule has 1 amide bonds. The van der Waals surface area contributed by atoms with Crippen molar-refractivity contribution in [2.45, 2.75) is 40.2 Å². The number of hydrogen-bond acceptors (Lipinski definition) is 7. The maximum absolute atomic E-state index is 12.8. The summed E-state index contributed by atoms with van der Waals surface area (Å²) in [6.45, 7) is 9.26. The molecule has 150 valence electrons. The van der Waals surface area contributed by atoms with Gasteiger partial charge in [-0.3, -0.25) is 4.79 Å². The topological polar surface area (TPSA) is 62.2 Å². The molecule has 3 rings (SSSR count). The van der Waals surface area contributed by atoms with Crippen LogP contribution in [0.5, 0.6) is 0 Å². The summed E-state index contributed by atoms with van der Waals surface area (Å²) in [4.78, 5) is 35.0. The van der Waals surface area contributed by atoms with Crippen molar-refractivity contribution in [3.63, 3.8) is 0 Å². The third-order valence-corrected chi connectivity index (χ3v) is 6.57. The van der Waals surface area contributed by atoms with Crippen LogP contribution >= 0.6 is 23.1 Å². The Hall–Kier alpha value is -2.06. The molecule has 3 heterocycles. The van der Waals surface area contributed by atoms with Gasteiger partial charge in [-0.2, -0.15) is 0 Å². The van der Waals surface area contributed by atoms with Gasteiger partial charge in [0.25, 0.3) is 0 Å². The zero-order valence-electron chi connectivity index (χ0n) is 16.6. The molecule has 8 heteroatoms. The molecular weight excluding hydrogens is 394 g/mol. The Labute approximate surface area is 173 Å². The van der Waals surface area contributed by atoms with Crippen LogP contribution in [0.4, 0.5) is 0 Å². The lowest BCUT2D eigenvalue weighted by molar-refractivity contribution is -0.139. The summed E-state index contributed by atoms with van der Waals surface area (Å²) in [6, 6.07) is 3.66. The van der Waals surface area contributed by atoms with E-state index in [1.165, 1.54) is 11.8 Å². The molecule has 0 aromatic carbocycles. The van der Waals surface area contributed by atoms with Crippen molar-refractivity contribution in [2.24, 2.45) is 4.99 Å². The molecule has 1 unspecified atom stereocenters. The van der Waals surface area contributed by atoms with Crippen LogP contribution in [0.15, 0.2) is 44.9 Å². The van der Waals surface area contributed by atoms with Gasteiger partial charge in [0.15, 0.2) is 5.17 Å². The summed E-state index contributed by atoms with van der Waals surface area (Å²) < 4.78 is 5.33. The SMILES string of the molecule is CCOC(=O)C1=C(C)N=C2SC=C(CC(=O)N(CC)CC)N2C1c1cccs1. The molecule has 0 spiro atoms. The van der Waals surface area contributed by atoms with Gasteiger partial charge >= 0.3 is 5.97 Å². The van der Waals surface area contributed by atoms with Crippen molar-refractivity contribution >= 4 is 40.1 Å². The maximum Gasteiger partial charge on any atom is 0.338 e. The van der Waals surface area contributed by atoms with E-state index >= 15 is 0 Å². The highest BCUT2D eigenvalue weighted by atomic mass is 32.2. The summed E-state index contributed by atoms with van der Waals surface area (Å²) in [5, 5.41) is 4.76. The minimum Gasteiger partial charge on any atom is -0.463 e. The van der Waals surface area contributed by atoms with Crippen molar-refractivity contribution in [1.29, 1.82) is 0 Å². The highest BCUT2D eigenvalue weighted by Gasteiger charge is 2.41. The minimum atomic E-state index is -0.354. The number of esters is 1. The number of carbonyl (C=O) groups is 2. The average molecular weight is 420 g/mol. The van der Waals surface area contributed by atoms with Gasteiger partial charge in [0, 0.05) is 23.7 Å². The number of fused-ring (bicyclic) bond motifs is 1. The van der Waals surface area contributed by atoms with Crippen LogP contribution in [0.25, 0.3) is 0 Å². The monoisotopic (exact) mass is 419 g/mol. The molecule has 0 bridgehead atoms. The summed E-state index contributed by atoms with van der Waals surface area (Å²) in [6.07, 6.45) is 0.282. The number of carbonyl (C=O) groups excluding carboxylic acids is 2. The Morgan fingerprint density at radius 2 is 2.04 bits per heavy atom. The fraction of sp³-hybridized carbons (Fsp3) is 0.450. The van der Waals surface area contributed by atoms with Crippen molar-refractivity contribution in [3.05, 3.63) is 44.8 Å². The lowest BCUT2D eigenvalue weighted by atomic mass is 9.99. The Bertz CT molecular complexity index is 839. The Kier molecular flexibility index (Phi) is 6.61. The number of allylic oxidation sites excluding steroid dienone is 1. The molecule has 1 atom stereocenters.